The first-order valence-electron chi connectivity index (χ1n) is 9.54. The van der Waals surface area contributed by atoms with E-state index in [0.717, 1.165) is 18.9 Å². The molecule has 0 bridgehead atoms. The van der Waals surface area contributed by atoms with E-state index in [0.29, 0.717) is 24.7 Å². The lowest BCUT2D eigenvalue weighted by Gasteiger charge is -2.38. The molecular formula is C20H20ClFN6O2. The second-order valence-electron chi connectivity index (χ2n) is 7.00. The lowest BCUT2D eigenvalue weighted by Crippen LogP contribution is -2.56. The molecule has 10 heteroatoms. The molecule has 2 aliphatic heterocycles. The van der Waals surface area contributed by atoms with Gasteiger partial charge < -0.3 is 15.1 Å². The van der Waals surface area contributed by atoms with Crippen molar-refractivity contribution in [3.05, 3.63) is 53.4 Å². The smallest absolute Gasteiger partial charge is 0.249 e. The van der Waals surface area contributed by atoms with Gasteiger partial charge in [0.15, 0.2) is 0 Å². The number of piperazine rings is 1. The normalized spacial score (nSPS) is 19.2. The van der Waals surface area contributed by atoms with E-state index in [2.05, 4.69) is 25.5 Å². The molecule has 0 spiro atoms. The maximum absolute atomic E-state index is 13.3. The highest BCUT2D eigenvalue weighted by molar-refractivity contribution is 6.31. The Labute approximate surface area is 177 Å². The lowest BCUT2D eigenvalue weighted by atomic mass is 10.1. The highest BCUT2D eigenvalue weighted by Gasteiger charge is 2.30. The minimum absolute atomic E-state index is 0.0574. The predicted octanol–water partition coefficient (Wildman–Crippen LogP) is 1.88. The van der Waals surface area contributed by atoms with Crippen molar-refractivity contribution in [3.8, 4) is 0 Å². The van der Waals surface area contributed by atoms with Crippen molar-refractivity contribution in [2.45, 2.75) is 12.5 Å². The first kappa shape index (κ1) is 20.1. The Morgan fingerprint density at radius 2 is 1.93 bits per heavy atom. The zero-order valence-electron chi connectivity index (χ0n) is 16.0. The maximum atomic E-state index is 13.3. The van der Waals surface area contributed by atoms with Gasteiger partial charge in [0, 0.05) is 38.1 Å². The first-order valence-corrected chi connectivity index (χ1v) is 9.92. The number of pyridine rings is 1. The van der Waals surface area contributed by atoms with Gasteiger partial charge >= 0.3 is 0 Å². The molecule has 3 heterocycles. The van der Waals surface area contributed by atoms with E-state index < -0.39 is 17.8 Å². The van der Waals surface area contributed by atoms with E-state index in [1.165, 1.54) is 18.2 Å². The molecule has 1 aromatic heterocycles. The molecule has 2 aromatic rings. The van der Waals surface area contributed by atoms with Crippen LogP contribution in [0.3, 0.4) is 0 Å². The van der Waals surface area contributed by atoms with Gasteiger partial charge in [-0.05, 0) is 30.3 Å². The van der Waals surface area contributed by atoms with Crippen molar-refractivity contribution in [1.29, 1.82) is 0 Å². The fraction of sp³-hybridized carbons (Fsp3) is 0.300. The van der Waals surface area contributed by atoms with Gasteiger partial charge in [-0.25, -0.2) is 14.4 Å². The van der Waals surface area contributed by atoms with Crippen LogP contribution in [0.2, 0.25) is 5.02 Å². The van der Waals surface area contributed by atoms with Gasteiger partial charge in [-0.1, -0.05) is 17.7 Å². The van der Waals surface area contributed by atoms with Crippen LogP contribution in [0.1, 0.15) is 6.42 Å². The van der Waals surface area contributed by atoms with Gasteiger partial charge in [-0.3, -0.25) is 14.9 Å². The Morgan fingerprint density at radius 3 is 2.63 bits per heavy atom. The van der Waals surface area contributed by atoms with Crippen LogP contribution in [0.25, 0.3) is 0 Å². The number of aliphatic imine (C=N–C) groups is 1. The van der Waals surface area contributed by atoms with Crippen molar-refractivity contribution in [1.82, 2.24) is 15.2 Å². The predicted molar refractivity (Wildman–Crippen MR) is 112 cm³/mol. The van der Waals surface area contributed by atoms with Crippen molar-refractivity contribution in [3.63, 3.8) is 0 Å². The van der Waals surface area contributed by atoms with Crippen molar-refractivity contribution < 1.29 is 14.0 Å². The number of carbonyl (C=O) groups is 2. The van der Waals surface area contributed by atoms with Crippen LogP contribution in [0.4, 0.5) is 15.9 Å². The molecule has 0 saturated carbocycles. The number of nitrogens with one attached hydrogen (secondary N) is 2. The highest BCUT2D eigenvalue weighted by atomic mass is 35.5. The van der Waals surface area contributed by atoms with Gasteiger partial charge in [-0.15, -0.1) is 0 Å². The van der Waals surface area contributed by atoms with Crippen LogP contribution in [-0.4, -0.2) is 59.9 Å². The van der Waals surface area contributed by atoms with Crippen LogP contribution in [0.15, 0.2) is 47.6 Å². The lowest BCUT2D eigenvalue weighted by molar-refractivity contribution is -0.125. The van der Waals surface area contributed by atoms with Gasteiger partial charge in [0.05, 0.1) is 11.4 Å². The summed E-state index contributed by atoms with van der Waals surface area (Å²) in [6.07, 6.45) is 1.70. The molecule has 156 valence electrons. The van der Waals surface area contributed by atoms with Gasteiger partial charge in [0.2, 0.25) is 17.8 Å². The number of carbonyl (C=O) groups excluding carboxylic acids is 2. The number of anilines is 2. The first-order chi connectivity index (χ1) is 14.5. The molecule has 2 N–H and O–H groups in total. The average molecular weight is 431 g/mol. The number of hydrogen-bond acceptors (Lipinski definition) is 6. The van der Waals surface area contributed by atoms with Crippen molar-refractivity contribution >= 4 is 40.9 Å². The van der Waals surface area contributed by atoms with Gasteiger partial charge in [-0.2, -0.15) is 0 Å². The summed E-state index contributed by atoms with van der Waals surface area (Å²) < 4.78 is 13.3. The number of guanidine groups is 1. The summed E-state index contributed by atoms with van der Waals surface area (Å²) in [7, 11) is 0. The third-order valence-corrected chi connectivity index (χ3v) is 5.24. The molecule has 0 radical (unpaired) electrons. The number of nitrogens with zero attached hydrogens (tertiary/aromatic N) is 4. The molecule has 30 heavy (non-hydrogen) atoms. The Morgan fingerprint density at radius 1 is 1.17 bits per heavy atom. The molecular weight excluding hydrogens is 411 g/mol. The fourth-order valence-corrected chi connectivity index (χ4v) is 3.56. The Balaban J connectivity index is 1.41. The highest BCUT2D eigenvalue weighted by Crippen LogP contribution is 2.20. The summed E-state index contributed by atoms with van der Waals surface area (Å²) in [6, 6.07) is 8.79. The summed E-state index contributed by atoms with van der Waals surface area (Å²) in [5.74, 6) is 0.00430. The standard InChI is InChI=1S/C20H20ClFN6O2/c21-14-11-13(4-5-15(14)22)24-19(30)16-12-18(29)26-20(25-16)28-9-7-27(8-10-28)17-3-1-2-6-23-17/h1-6,11,16H,7-10,12H2,(H,24,30)(H,25,26,29)/t16-/m1/s1. The molecule has 4 rings (SSSR count). The molecule has 0 unspecified atom stereocenters. The Hall–Kier alpha value is -3.20. The number of hydrogen-bond donors (Lipinski definition) is 2. The summed E-state index contributed by atoms with van der Waals surface area (Å²) in [5, 5.41) is 5.30. The molecule has 0 aliphatic carbocycles. The maximum Gasteiger partial charge on any atom is 0.249 e. The quantitative estimate of drug-likeness (QED) is 0.776. The summed E-state index contributed by atoms with van der Waals surface area (Å²) in [4.78, 5) is 37.7. The second-order valence-corrected chi connectivity index (χ2v) is 7.41. The number of benzene rings is 1. The SMILES string of the molecule is O=C1C[C@H](C(=O)Nc2ccc(F)c(Cl)c2)N=C(N2CCN(c3ccccn3)CC2)N1. The second kappa shape index (κ2) is 8.66. The monoisotopic (exact) mass is 430 g/mol. The number of halogens is 2. The zero-order valence-corrected chi connectivity index (χ0v) is 16.8. The molecule has 1 aromatic carbocycles. The number of rotatable bonds is 3. The fourth-order valence-electron chi connectivity index (χ4n) is 3.38. The largest absolute Gasteiger partial charge is 0.353 e. The Bertz CT molecular complexity index is 979. The molecule has 1 fully saturated rings. The van der Waals surface area contributed by atoms with Crippen molar-refractivity contribution in [2.75, 3.05) is 36.4 Å². The summed E-state index contributed by atoms with van der Waals surface area (Å²) in [5.41, 5.74) is 0.345. The minimum Gasteiger partial charge on any atom is -0.353 e. The topological polar surface area (TPSA) is 89.9 Å². The number of amides is 2. The minimum atomic E-state index is -0.869. The Kier molecular flexibility index (Phi) is 5.80. The van der Waals surface area contributed by atoms with Crippen LogP contribution >= 0.6 is 11.6 Å². The van der Waals surface area contributed by atoms with Crippen molar-refractivity contribution in [2.24, 2.45) is 4.99 Å². The summed E-state index contributed by atoms with van der Waals surface area (Å²) >= 11 is 5.75. The zero-order chi connectivity index (χ0) is 21.1. The molecule has 8 nitrogen and oxygen atoms in total. The summed E-state index contributed by atoms with van der Waals surface area (Å²) in [6.45, 7) is 2.71. The van der Waals surface area contributed by atoms with E-state index in [4.69, 9.17) is 11.6 Å². The van der Waals surface area contributed by atoms with Crippen LogP contribution in [0.5, 0.6) is 0 Å². The molecule has 1 atom stereocenters. The van der Waals surface area contributed by atoms with Crippen LogP contribution < -0.4 is 15.5 Å². The van der Waals surface area contributed by atoms with Crippen LogP contribution in [0, 0.1) is 5.82 Å². The van der Waals surface area contributed by atoms with E-state index in [1.807, 2.05) is 23.1 Å². The van der Waals surface area contributed by atoms with E-state index in [1.54, 1.807) is 6.20 Å². The molecule has 2 aliphatic rings. The third kappa shape index (κ3) is 4.51. The third-order valence-electron chi connectivity index (χ3n) is 4.95. The molecule has 2 amide bonds. The van der Waals surface area contributed by atoms with E-state index >= 15 is 0 Å². The van der Waals surface area contributed by atoms with Gasteiger partial charge in [0.25, 0.3) is 0 Å². The van der Waals surface area contributed by atoms with Crippen LogP contribution in [-0.2, 0) is 9.59 Å². The van der Waals surface area contributed by atoms with Gasteiger partial charge in [0.1, 0.15) is 17.7 Å². The molecule has 1 saturated heterocycles. The van der Waals surface area contributed by atoms with E-state index in [-0.39, 0.29) is 17.4 Å². The average Bonchev–Trinajstić information content (AvgIpc) is 2.76. The van der Waals surface area contributed by atoms with E-state index in [9.17, 15) is 14.0 Å². The number of aromatic nitrogens is 1.